The first-order valence-corrected chi connectivity index (χ1v) is 8.03. The van der Waals surface area contributed by atoms with Gasteiger partial charge in [0.05, 0.1) is 0 Å². The van der Waals surface area contributed by atoms with Crippen molar-refractivity contribution in [3.8, 4) is 0 Å². The van der Waals surface area contributed by atoms with Gasteiger partial charge in [0.2, 0.25) is 0 Å². The fourth-order valence-corrected chi connectivity index (χ4v) is 2.50. The summed E-state index contributed by atoms with van der Waals surface area (Å²) in [5.74, 6) is -8.23. The molecule has 2 aromatic rings. The van der Waals surface area contributed by atoms with E-state index in [0.29, 0.717) is 8.95 Å². The molecule has 0 aliphatic rings. The summed E-state index contributed by atoms with van der Waals surface area (Å²) in [6.45, 7) is 0. The monoisotopic (exact) mass is 438 g/mol. The second-order valence-electron chi connectivity index (χ2n) is 5.02. The minimum absolute atomic E-state index is 0.170. The van der Waals surface area contributed by atoms with Crippen LogP contribution in [0.25, 0.3) is 0 Å². The fraction of sp³-hybridized carbons (Fsp3) is 0.250. The zero-order valence-corrected chi connectivity index (χ0v) is 14.5. The normalized spacial score (nSPS) is 12.5. The van der Waals surface area contributed by atoms with Crippen LogP contribution >= 0.6 is 31.9 Å². The lowest BCUT2D eigenvalue weighted by molar-refractivity contribution is -0.206. The van der Waals surface area contributed by atoms with Gasteiger partial charge < -0.3 is 0 Å². The van der Waals surface area contributed by atoms with Gasteiger partial charge in [0.15, 0.2) is 0 Å². The number of hydrogen-bond acceptors (Lipinski definition) is 0. The third-order valence-corrected chi connectivity index (χ3v) is 4.27. The Labute approximate surface area is 142 Å². The third-order valence-electron chi connectivity index (χ3n) is 3.21. The average Bonchev–Trinajstić information content (AvgIpc) is 2.43. The van der Waals surface area contributed by atoms with E-state index in [0.717, 1.165) is 0 Å². The lowest BCUT2D eigenvalue weighted by Crippen LogP contribution is -2.44. The molecule has 118 valence electrons. The maximum absolute atomic E-state index is 14.0. The Morgan fingerprint density at radius 1 is 0.591 bits per heavy atom. The number of halogens is 6. The molecule has 0 saturated heterocycles. The van der Waals surface area contributed by atoms with Crippen molar-refractivity contribution in [3.63, 3.8) is 0 Å². The van der Waals surface area contributed by atoms with Crippen LogP contribution < -0.4 is 0 Å². The first-order chi connectivity index (χ1) is 10.2. The van der Waals surface area contributed by atoms with E-state index < -0.39 is 24.7 Å². The molecule has 0 amide bonds. The SMILES string of the molecule is FC(F)(Cc1ccc(Br)cc1)C(F)(F)Cc1ccc(Br)cc1. The number of hydrogen-bond donors (Lipinski definition) is 0. The van der Waals surface area contributed by atoms with Crippen molar-refractivity contribution in [2.24, 2.45) is 0 Å². The topological polar surface area (TPSA) is 0 Å². The maximum atomic E-state index is 14.0. The summed E-state index contributed by atoms with van der Waals surface area (Å²) in [7, 11) is 0. The van der Waals surface area contributed by atoms with Crippen LogP contribution in [0.3, 0.4) is 0 Å². The Morgan fingerprint density at radius 2 is 0.864 bits per heavy atom. The van der Waals surface area contributed by atoms with Crippen molar-refractivity contribution in [2.75, 3.05) is 0 Å². The second-order valence-corrected chi connectivity index (χ2v) is 6.85. The molecule has 0 aliphatic heterocycles. The zero-order valence-electron chi connectivity index (χ0n) is 11.3. The minimum Gasteiger partial charge on any atom is -0.200 e. The highest BCUT2D eigenvalue weighted by atomic mass is 79.9. The molecule has 22 heavy (non-hydrogen) atoms. The van der Waals surface area contributed by atoms with Crippen molar-refractivity contribution in [1.82, 2.24) is 0 Å². The predicted molar refractivity (Wildman–Crippen MR) is 85.6 cm³/mol. The van der Waals surface area contributed by atoms with Crippen molar-refractivity contribution in [2.45, 2.75) is 24.7 Å². The van der Waals surface area contributed by atoms with Gasteiger partial charge in [-0.2, -0.15) is 17.6 Å². The van der Waals surface area contributed by atoms with Gasteiger partial charge in [-0.25, -0.2) is 0 Å². The number of rotatable bonds is 5. The standard InChI is InChI=1S/C16H12Br2F4/c17-13-5-1-11(2-6-13)9-15(19,20)16(21,22)10-12-3-7-14(18)8-4-12/h1-8H,9-10H2. The third kappa shape index (κ3) is 4.32. The molecular formula is C16H12Br2F4. The van der Waals surface area contributed by atoms with Crippen LogP contribution in [0.2, 0.25) is 0 Å². The Kier molecular flexibility index (Phi) is 5.33. The van der Waals surface area contributed by atoms with Crippen LogP contribution in [0.4, 0.5) is 17.6 Å². The molecule has 0 atom stereocenters. The van der Waals surface area contributed by atoms with Crippen LogP contribution in [0, 0.1) is 0 Å². The summed E-state index contributed by atoms with van der Waals surface area (Å²) < 4.78 is 57.3. The zero-order chi connectivity index (χ0) is 16.4. The van der Waals surface area contributed by atoms with E-state index in [4.69, 9.17) is 0 Å². The maximum Gasteiger partial charge on any atom is 0.314 e. The van der Waals surface area contributed by atoms with Gasteiger partial charge >= 0.3 is 11.8 Å². The van der Waals surface area contributed by atoms with Crippen molar-refractivity contribution in [3.05, 3.63) is 68.6 Å². The van der Waals surface area contributed by atoms with Gasteiger partial charge in [0.1, 0.15) is 0 Å². The molecule has 0 spiro atoms. The molecule has 6 heteroatoms. The van der Waals surface area contributed by atoms with Gasteiger partial charge in [0, 0.05) is 21.8 Å². The Hall–Kier alpha value is -0.880. The van der Waals surface area contributed by atoms with Gasteiger partial charge in [-0.15, -0.1) is 0 Å². The fourth-order valence-electron chi connectivity index (χ4n) is 1.98. The highest BCUT2D eigenvalue weighted by molar-refractivity contribution is 9.10. The Balaban J connectivity index is 2.14. The van der Waals surface area contributed by atoms with Gasteiger partial charge in [-0.3, -0.25) is 0 Å². The highest BCUT2D eigenvalue weighted by Gasteiger charge is 2.55. The lowest BCUT2D eigenvalue weighted by atomic mass is 9.97. The second kappa shape index (κ2) is 6.71. The molecule has 0 unspecified atom stereocenters. The first kappa shape index (κ1) is 17.5. The smallest absolute Gasteiger partial charge is 0.200 e. The molecule has 0 bridgehead atoms. The van der Waals surface area contributed by atoms with Crippen LogP contribution in [0.15, 0.2) is 57.5 Å². The highest BCUT2D eigenvalue weighted by Crippen LogP contribution is 2.39. The molecular weight excluding hydrogens is 428 g/mol. The summed E-state index contributed by atoms with van der Waals surface area (Å²) in [4.78, 5) is 0. The van der Waals surface area contributed by atoms with Crippen LogP contribution in [0.1, 0.15) is 11.1 Å². The van der Waals surface area contributed by atoms with Crippen molar-refractivity contribution in [1.29, 1.82) is 0 Å². The molecule has 0 nitrogen and oxygen atoms in total. The van der Waals surface area contributed by atoms with E-state index in [1.54, 1.807) is 24.3 Å². The van der Waals surface area contributed by atoms with Gasteiger partial charge in [0.25, 0.3) is 0 Å². The lowest BCUT2D eigenvalue weighted by Gasteiger charge is -2.27. The number of alkyl halides is 4. The van der Waals surface area contributed by atoms with Crippen LogP contribution in [-0.2, 0) is 12.8 Å². The average molecular weight is 440 g/mol. The first-order valence-electron chi connectivity index (χ1n) is 6.44. The Bertz CT molecular complexity index is 564. The van der Waals surface area contributed by atoms with Crippen LogP contribution in [0.5, 0.6) is 0 Å². The molecule has 2 rings (SSSR count). The van der Waals surface area contributed by atoms with E-state index in [2.05, 4.69) is 31.9 Å². The molecule has 0 fully saturated rings. The predicted octanol–water partition coefficient (Wildman–Crippen LogP) is 6.27. The largest absolute Gasteiger partial charge is 0.314 e. The Morgan fingerprint density at radius 3 is 1.14 bits per heavy atom. The summed E-state index contributed by atoms with van der Waals surface area (Å²) >= 11 is 6.35. The molecule has 0 radical (unpaired) electrons. The summed E-state index contributed by atoms with van der Waals surface area (Å²) in [5, 5.41) is 0. The molecule has 0 aliphatic carbocycles. The van der Waals surface area contributed by atoms with E-state index in [1.807, 2.05) is 0 Å². The molecule has 0 aromatic heterocycles. The molecule has 0 N–H and O–H groups in total. The summed E-state index contributed by atoms with van der Waals surface area (Å²) in [6, 6.07) is 11.9. The minimum atomic E-state index is -4.12. The van der Waals surface area contributed by atoms with Crippen molar-refractivity contribution < 1.29 is 17.6 Å². The molecule has 2 aromatic carbocycles. The summed E-state index contributed by atoms with van der Waals surface area (Å²) in [6.07, 6.45) is -1.99. The van der Waals surface area contributed by atoms with Gasteiger partial charge in [-0.1, -0.05) is 56.1 Å². The van der Waals surface area contributed by atoms with Crippen LogP contribution in [-0.4, -0.2) is 11.8 Å². The molecule has 0 heterocycles. The van der Waals surface area contributed by atoms with Gasteiger partial charge in [-0.05, 0) is 35.4 Å². The van der Waals surface area contributed by atoms with Crippen molar-refractivity contribution >= 4 is 31.9 Å². The molecule has 0 saturated carbocycles. The summed E-state index contributed by atoms with van der Waals surface area (Å²) in [5.41, 5.74) is 0.340. The van der Waals surface area contributed by atoms with E-state index in [1.165, 1.54) is 24.3 Å². The van der Waals surface area contributed by atoms with E-state index in [9.17, 15) is 17.6 Å². The van der Waals surface area contributed by atoms with E-state index >= 15 is 0 Å². The van der Waals surface area contributed by atoms with E-state index in [-0.39, 0.29) is 11.1 Å². The number of benzene rings is 2. The quantitative estimate of drug-likeness (QED) is 0.482.